The molecular weight excluding hydrogens is 165 g/mol. The minimum atomic E-state index is -3.54. The van der Waals surface area contributed by atoms with Crippen molar-refractivity contribution in [2.45, 2.75) is 25.5 Å². The van der Waals surface area contributed by atoms with Crippen molar-refractivity contribution in [3.63, 3.8) is 0 Å². The van der Waals surface area contributed by atoms with Crippen LogP contribution in [0.2, 0.25) is 0 Å². The Hall–Kier alpha value is 0.110. The van der Waals surface area contributed by atoms with Gasteiger partial charge in [0.25, 0.3) is 0 Å². The maximum Gasteiger partial charge on any atom is 0.348 e. The molecule has 0 saturated heterocycles. The van der Waals surface area contributed by atoms with Crippen LogP contribution in [-0.2, 0) is 9.09 Å². The van der Waals surface area contributed by atoms with E-state index in [0.29, 0.717) is 6.42 Å². The zero-order chi connectivity index (χ0) is 8.70. The largest absolute Gasteiger partial charge is 0.348 e. The first-order chi connectivity index (χ1) is 4.94. The highest BCUT2D eigenvalue weighted by Crippen LogP contribution is 2.67. The van der Waals surface area contributed by atoms with Crippen molar-refractivity contribution in [1.82, 2.24) is 0 Å². The summed E-state index contributed by atoms with van der Waals surface area (Å²) in [6.45, 7) is 3.76. The normalized spacial score (nSPS) is 41.6. The van der Waals surface area contributed by atoms with E-state index in [1.807, 2.05) is 6.92 Å². The molecule has 0 spiro atoms. The van der Waals surface area contributed by atoms with Gasteiger partial charge in [0, 0.05) is 0 Å². The van der Waals surface area contributed by atoms with Gasteiger partial charge in [0.15, 0.2) is 0 Å². The number of hydrogen-bond donors (Lipinski definition) is 2. The topological polar surface area (TPSA) is 72.5 Å². The fraction of sp³-hybridized carbons (Fsp3) is 1.00. The average molecular weight is 179 g/mol. The molecule has 1 aliphatic carbocycles. The Balaban J connectivity index is 2.66. The highest BCUT2D eigenvalue weighted by molar-refractivity contribution is 7.55. The molecule has 0 bridgehead atoms. The summed E-state index contributed by atoms with van der Waals surface area (Å²) in [5.41, 5.74) is 5.62. The van der Waals surface area contributed by atoms with Crippen LogP contribution >= 0.6 is 7.60 Å². The van der Waals surface area contributed by atoms with E-state index in [2.05, 4.69) is 0 Å². The van der Waals surface area contributed by atoms with Crippen molar-refractivity contribution >= 4 is 7.60 Å². The lowest BCUT2D eigenvalue weighted by molar-refractivity contribution is 0.260. The lowest BCUT2D eigenvalue weighted by Crippen LogP contribution is -2.25. The Morgan fingerprint density at radius 3 is 2.64 bits per heavy atom. The Morgan fingerprint density at radius 2 is 2.36 bits per heavy atom. The Labute approximate surface area is 66.3 Å². The van der Waals surface area contributed by atoms with Gasteiger partial charge in [0.05, 0.1) is 6.61 Å². The third-order valence-electron chi connectivity index (χ3n) is 2.16. The van der Waals surface area contributed by atoms with Gasteiger partial charge >= 0.3 is 7.60 Å². The second-order valence-electron chi connectivity index (χ2n) is 3.03. The van der Waals surface area contributed by atoms with Gasteiger partial charge in [-0.2, -0.15) is 0 Å². The van der Waals surface area contributed by atoms with Crippen molar-refractivity contribution in [2.24, 2.45) is 11.7 Å². The second-order valence-corrected chi connectivity index (χ2v) is 5.17. The zero-order valence-electron chi connectivity index (χ0n) is 6.78. The first kappa shape index (κ1) is 9.20. The van der Waals surface area contributed by atoms with E-state index in [1.165, 1.54) is 0 Å². The van der Waals surface area contributed by atoms with Crippen LogP contribution in [0.3, 0.4) is 0 Å². The predicted octanol–water partition coefficient (Wildman–Crippen LogP) is 0.903. The standard InChI is InChI=1S/C6H14NO3P/c1-3-10-11(8,9)6(7)4-5(6)2/h5H,3-4,7H2,1-2H3,(H,8,9)/t5-,6-/m0/s1. The molecule has 0 aromatic heterocycles. The molecule has 1 rings (SSSR count). The van der Waals surface area contributed by atoms with Crippen molar-refractivity contribution in [2.75, 3.05) is 6.61 Å². The van der Waals surface area contributed by atoms with Crippen molar-refractivity contribution in [3.8, 4) is 0 Å². The maximum absolute atomic E-state index is 11.3. The molecule has 0 heterocycles. The van der Waals surface area contributed by atoms with E-state index in [0.717, 1.165) is 0 Å². The predicted molar refractivity (Wildman–Crippen MR) is 42.2 cm³/mol. The van der Waals surface area contributed by atoms with E-state index in [4.69, 9.17) is 10.3 Å². The van der Waals surface area contributed by atoms with Gasteiger partial charge in [-0.05, 0) is 19.3 Å². The monoisotopic (exact) mass is 179 g/mol. The van der Waals surface area contributed by atoms with Crippen molar-refractivity contribution < 1.29 is 14.0 Å². The molecular formula is C6H14NO3P. The van der Waals surface area contributed by atoms with E-state index >= 15 is 0 Å². The number of hydrogen-bond acceptors (Lipinski definition) is 3. The van der Waals surface area contributed by atoms with Crippen LogP contribution in [0.1, 0.15) is 20.3 Å². The fourth-order valence-electron chi connectivity index (χ4n) is 1.12. The lowest BCUT2D eigenvalue weighted by Gasteiger charge is -2.17. The Bertz CT molecular complexity index is 208. The van der Waals surface area contributed by atoms with E-state index in [-0.39, 0.29) is 12.5 Å². The number of rotatable bonds is 3. The molecule has 3 N–H and O–H groups in total. The highest BCUT2D eigenvalue weighted by Gasteiger charge is 2.61. The van der Waals surface area contributed by atoms with Gasteiger partial charge in [-0.1, -0.05) is 6.92 Å². The van der Waals surface area contributed by atoms with Gasteiger partial charge < -0.3 is 15.2 Å². The zero-order valence-corrected chi connectivity index (χ0v) is 7.67. The summed E-state index contributed by atoms with van der Waals surface area (Å²) in [5.74, 6) is 0.102. The minimum Gasteiger partial charge on any atom is -0.323 e. The van der Waals surface area contributed by atoms with Crippen LogP contribution in [0.25, 0.3) is 0 Å². The third kappa shape index (κ3) is 1.36. The van der Waals surface area contributed by atoms with E-state index < -0.39 is 12.9 Å². The molecule has 11 heavy (non-hydrogen) atoms. The molecule has 0 amide bonds. The molecule has 0 aromatic carbocycles. The van der Waals surface area contributed by atoms with Crippen LogP contribution < -0.4 is 5.73 Å². The molecule has 4 nitrogen and oxygen atoms in total. The first-order valence-corrected chi connectivity index (χ1v) is 5.28. The summed E-state index contributed by atoms with van der Waals surface area (Å²) in [4.78, 5) is 9.29. The second kappa shape index (κ2) is 2.56. The maximum atomic E-state index is 11.3. The van der Waals surface area contributed by atoms with Gasteiger partial charge in [-0.3, -0.25) is 4.57 Å². The molecule has 0 aliphatic heterocycles. The van der Waals surface area contributed by atoms with Gasteiger partial charge in [0.2, 0.25) is 0 Å². The summed E-state index contributed by atoms with van der Waals surface area (Å²) in [6.07, 6.45) is 0.584. The van der Waals surface area contributed by atoms with Gasteiger partial charge in [0.1, 0.15) is 5.28 Å². The summed E-state index contributed by atoms with van der Waals surface area (Å²) < 4.78 is 16.0. The molecule has 1 saturated carbocycles. The molecule has 1 fully saturated rings. The summed E-state index contributed by atoms with van der Waals surface area (Å²) >= 11 is 0. The SMILES string of the molecule is CCOP(=O)(O)[C@@]1(N)C[C@@H]1C. The number of nitrogens with two attached hydrogens (primary N) is 1. The molecule has 3 atom stereocenters. The Morgan fingerprint density at radius 1 is 1.91 bits per heavy atom. The van der Waals surface area contributed by atoms with Crippen LogP contribution in [0.15, 0.2) is 0 Å². The summed E-state index contributed by atoms with van der Waals surface area (Å²) in [7, 11) is -3.54. The highest BCUT2D eigenvalue weighted by atomic mass is 31.2. The van der Waals surface area contributed by atoms with E-state index in [9.17, 15) is 9.46 Å². The van der Waals surface area contributed by atoms with Gasteiger partial charge in [-0.25, -0.2) is 0 Å². The van der Waals surface area contributed by atoms with Crippen LogP contribution in [0.5, 0.6) is 0 Å². The van der Waals surface area contributed by atoms with Crippen LogP contribution in [0, 0.1) is 5.92 Å². The molecule has 1 aliphatic rings. The molecule has 5 heteroatoms. The minimum absolute atomic E-state index is 0.102. The fourth-order valence-corrected chi connectivity index (χ4v) is 2.77. The van der Waals surface area contributed by atoms with E-state index in [1.54, 1.807) is 6.92 Å². The third-order valence-corrected chi connectivity index (χ3v) is 4.44. The smallest absolute Gasteiger partial charge is 0.323 e. The quantitative estimate of drug-likeness (QED) is 0.631. The lowest BCUT2D eigenvalue weighted by atomic mass is 10.5. The molecule has 1 unspecified atom stereocenters. The van der Waals surface area contributed by atoms with Crippen LogP contribution in [0.4, 0.5) is 0 Å². The molecule has 0 aromatic rings. The molecule has 0 radical (unpaired) electrons. The summed E-state index contributed by atoms with van der Waals surface area (Å²) in [6, 6.07) is 0. The molecule has 66 valence electrons. The van der Waals surface area contributed by atoms with Crippen molar-refractivity contribution in [1.29, 1.82) is 0 Å². The van der Waals surface area contributed by atoms with Crippen LogP contribution in [-0.4, -0.2) is 16.8 Å². The van der Waals surface area contributed by atoms with Crippen molar-refractivity contribution in [3.05, 3.63) is 0 Å². The summed E-state index contributed by atoms with van der Waals surface area (Å²) in [5, 5.41) is -0.955. The van der Waals surface area contributed by atoms with Gasteiger partial charge in [-0.15, -0.1) is 0 Å². The first-order valence-electron chi connectivity index (χ1n) is 3.70. The average Bonchev–Trinajstić information content (AvgIpc) is 2.42. The Kier molecular flexibility index (Phi) is 2.14.